The van der Waals surface area contributed by atoms with Gasteiger partial charge in [0.2, 0.25) is 0 Å². The number of carbonyl (C=O) groups is 2. The lowest BCUT2D eigenvalue weighted by atomic mass is 9.96. The number of amides is 1. The highest BCUT2D eigenvalue weighted by molar-refractivity contribution is 6.32. The fourth-order valence-electron chi connectivity index (χ4n) is 2.97. The molecule has 1 aliphatic heterocycles. The Morgan fingerprint density at radius 3 is 2.42 bits per heavy atom. The summed E-state index contributed by atoms with van der Waals surface area (Å²) in [7, 11) is 0. The van der Waals surface area contributed by atoms with E-state index >= 15 is 0 Å². The van der Waals surface area contributed by atoms with E-state index in [1.54, 1.807) is 17.0 Å². The van der Waals surface area contributed by atoms with Crippen LogP contribution in [0, 0.1) is 18.7 Å². The van der Waals surface area contributed by atoms with Crippen LogP contribution < -0.4 is 4.74 Å². The van der Waals surface area contributed by atoms with Gasteiger partial charge in [-0.25, -0.2) is 4.39 Å². The average Bonchev–Trinajstić information content (AvgIpc) is 2.65. The molecule has 1 saturated heterocycles. The molecule has 0 aromatic heterocycles. The topological polar surface area (TPSA) is 46.6 Å². The maximum Gasteiger partial charge on any atom is 0.314 e. The SMILES string of the molecule is Cc1ccc(Cl)c(OC(=O)C2CCN(C(=O)c3ccc(F)cc3)CC2)c1. The van der Waals surface area contributed by atoms with Crippen LogP contribution in [0.5, 0.6) is 5.75 Å². The van der Waals surface area contributed by atoms with Gasteiger partial charge >= 0.3 is 5.97 Å². The Labute approximate surface area is 156 Å². The molecule has 4 nitrogen and oxygen atoms in total. The number of hydrogen-bond donors (Lipinski definition) is 0. The van der Waals surface area contributed by atoms with Crippen molar-refractivity contribution in [2.75, 3.05) is 13.1 Å². The Morgan fingerprint density at radius 2 is 1.77 bits per heavy atom. The van der Waals surface area contributed by atoms with Crippen molar-refractivity contribution in [2.45, 2.75) is 19.8 Å². The summed E-state index contributed by atoms with van der Waals surface area (Å²) in [5.41, 5.74) is 1.40. The molecular formula is C20H19ClFNO3. The Balaban J connectivity index is 1.57. The molecule has 1 fully saturated rings. The molecule has 0 saturated carbocycles. The van der Waals surface area contributed by atoms with Gasteiger partial charge in [-0.05, 0) is 61.7 Å². The maximum atomic E-state index is 13.0. The second-order valence-electron chi connectivity index (χ2n) is 6.43. The van der Waals surface area contributed by atoms with Crippen LogP contribution in [-0.2, 0) is 4.79 Å². The Kier molecular flexibility index (Phi) is 5.57. The van der Waals surface area contributed by atoms with E-state index < -0.39 is 0 Å². The van der Waals surface area contributed by atoms with Gasteiger partial charge in [-0.3, -0.25) is 9.59 Å². The number of carbonyl (C=O) groups excluding carboxylic acids is 2. The lowest BCUT2D eigenvalue weighted by molar-refractivity contribution is -0.140. The number of esters is 1. The monoisotopic (exact) mass is 375 g/mol. The minimum atomic E-state index is -0.377. The lowest BCUT2D eigenvalue weighted by Gasteiger charge is -2.31. The number of benzene rings is 2. The number of rotatable bonds is 3. The van der Waals surface area contributed by atoms with Gasteiger partial charge in [0, 0.05) is 18.7 Å². The molecule has 3 rings (SSSR count). The number of ether oxygens (including phenoxy) is 1. The normalized spacial score (nSPS) is 15.0. The predicted octanol–water partition coefficient (Wildman–Crippen LogP) is 4.25. The average molecular weight is 376 g/mol. The number of likely N-dealkylation sites (tertiary alicyclic amines) is 1. The van der Waals surface area contributed by atoms with E-state index in [4.69, 9.17) is 16.3 Å². The van der Waals surface area contributed by atoms with E-state index in [2.05, 4.69) is 0 Å². The highest BCUT2D eigenvalue weighted by atomic mass is 35.5. The second kappa shape index (κ2) is 7.87. The van der Waals surface area contributed by atoms with Crippen LogP contribution in [-0.4, -0.2) is 29.9 Å². The molecule has 0 radical (unpaired) electrons. The molecule has 2 aromatic carbocycles. The molecule has 136 valence electrons. The van der Waals surface area contributed by atoms with E-state index in [9.17, 15) is 14.0 Å². The molecule has 0 aliphatic carbocycles. The van der Waals surface area contributed by atoms with Gasteiger partial charge in [0.1, 0.15) is 11.6 Å². The molecule has 0 N–H and O–H groups in total. The molecule has 1 amide bonds. The Morgan fingerprint density at radius 1 is 1.12 bits per heavy atom. The van der Waals surface area contributed by atoms with Gasteiger partial charge in [-0.1, -0.05) is 17.7 Å². The van der Waals surface area contributed by atoms with Crippen molar-refractivity contribution in [1.29, 1.82) is 0 Å². The van der Waals surface area contributed by atoms with Crippen LogP contribution in [0.3, 0.4) is 0 Å². The zero-order chi connectivity index (χ0) is 18.7. The molecule has 6 heteroatoms. The zero-order valence-electron chi connectivity index (χ0n) is 14.4. The van der Waals surface area contributed by atoms with Crippen LogP contribution in [0.15, 0.2) is 42.5 Å². The van der Waals surface area contributed by atoms with Gasteiger partial charge in [0.05, 0.1) is 10.9 Å². The summed E-state index contributed by atoms with van der Waals surface area (Å²) >= 11 is 6.07. The summed E-state index contributed by atoms with van der Waals surface area (Å²) in [6.45, 7) is 2.81. The molecule has 1 aliphatic rings. The van der Waals surface area contributed by atoms with Crippen LogP contribution in [0.2, 0.25) is 5.02 Å². The molecule has 0 unspecified atom stereocenters. The smallest absolute Gasteiger partial charge is 0.314 e. The van der Waals surface area contributed by atoms with Crippen LogP contribution in [0.4, 0.5) is 4.39 Å². The first-order chi connectivity index (χ1) is 12.4. The van der Waals surface area contributed by atoms with Crippen molar-refractivity contribution >= 4 is 23.5 Å². The van der Waals surface area contributed by atoms with Gasteiger partial charge < -0.3 is 9.64 Å². The Hall–Kier alpha value is -2.40. The van der Waals surface area contributed by atoms with Gasteiger partial charge in [0.15, 0.2) is 0 Å². The number of halogens is 2. The summed E-state index contributed by atoms with van der Waals surface area (Å²) in [5, 5.41) is 0.396. The van der Waals surface area contributed by atoms with Crippen LogP contribution >= 0.6 is 11.6 Å². The Bertz CT molecular complexity index is 814. The van der Waals surface area contributed by atoms with Crippen molar-refractivity contribution in [3.63, 3.8) is 0 Å². The third kappa shape index (κ3) is 4.22. The molecule has 26 heavy (non-hydrogen) atoms. The number of aryl methyl sites for hydroxylation is 1. The molecule has 2 aromatic rings. The number of nitrogens with zero attached hydrogens (tertiary/aromatic N) is 1. The van der Waals surface area contributed by atoms with E-state index in [1.165, 1.54) is 24.3 Å². The van der Waals surface area contributed by atoms with Crippen LogP contribution in [0.1, 0.15) is 28.8 Å². The van der Waals surface area contributed by atoms with Crippen LogP contribution in [0.25, 0.3) is 0 Å². The lowest BCUT2D eigenvalue weighted by Crippen LogP contribution is -2.41. The number of hydrogen-bond acceptors (Lipinski definition) is 3. The highest BCUT2D eigenvalue weighted by Crippen LogP contribution is 2.28. The minimum absolute atomic E-state index is 0.154. The van der Waals surface area contributed by atoms with Crippen molar-refractivity contribution in [1.82, 2.24) is 4.90 Å². The summed E-state index contributed by atoms with van der Waals surface area (Å²) in [6, 6.07) is 10.7. The fourth-order valence-corrected chi connectivity index (χ4v) is 3.13. The quantitative estimate of drug-likeness (QED) is 0.595. The van der Waals surface area contributed by atoms with Crippen molar-refractivity contribution in [3.05, 3.63) is 64.4 Å². The van der Waals surface area contributed by atoms with E-state index in [0.29, 0.717) is 42.3 Å². The summed E-state index contributed by atoms with van der Waals surface area (Å²) < 4.78 is 18.4. The zero-order valence-corrected chi connectivity index (χ0v) is 15.1. The molecule has 0 atom stereocenters. The third-order valence-corrected chi connectivity index (χ3v) is 4.82. The summed E-state index contributed by atoms with van der Waals surface area (Å²) in [5.74, 6) is -0.770. The summed E-state index contributed by atoms with van der Waals surface area (Å²) in [6.07, 6.45) is 1.05. The molecule has 0 spiro atoms. The van der Waals surface area contributed by atoms with Gasteiger partial charge in [0.25, 0.3) is 5.91 Å². The number of piperidine rings is 1. The minimum Gasteiger partial charge on any atom is -0.425 e. The van der Waals surface area contributed by atoms with Crippen molar-refractivity contribution in [3.8, 4) is 5.75 Å². The van der Waals surface area contributed by atoms with Gasteiger partial charge in [-0.2, -0.15) is 0 Å². The van der Waals surface area contributed by atoms with E-state index in [-0.39, 0.29) is 23.6 Å². The molecule has 1 heterocycles. The molecule has 0 bridgehead atoms. The standard InChI is InChI=1S/C20H19ClFNO3/c1-13-2-7-17(21)18(12-13)26-20(25)15-8-10-23(11-9-15)19(24)14-3-5-16(22)6-4-14/h2-7,12,15H,8-11H2,1H3. The van der Waals surface area contributed by atoms with E-state index in [1.807, 2.05) is 13.0 Å². The first-order valence-electron chi connectivity index (χ1n) is 8.47. The first-order valence-corrected chi connectivity index (χ1v) is 8.84. The van der Waals surface area contributed by atoms with Gasteiger partial charge in [-0.15, -0.1) is 0 Å². The largest absolute Gasteiger partial charge is 0.425 e. The summed E-state index contributed by atoms with van der Waals surface area (Å²) in [4.78, 5) is 26.5. The molecular weight excluding hydrogens is 357 g/mol. The first kappa shape index (κ1) is 18.4. The second-order valence-corrected chi connectivity index (χ2v) is 6.84. The maximum absolute atomic E-state index is 13.0. The third-order valence-electron chi connectivity index (χ3n) is 4.50. The predicted molar refractivity (Wildman–Crippen MR) is 96.9 cm³/mol. The fraction of sp³-hybridized carbons (Fsp3) is 0.300. The van der Waals surface area contributed by atoms with Crippen molar-refractivity contribution in [2.24, 2.45) is 5.92 Å². The van der Waals surface area contributed by atoms with E-state index in [0.717, 1.165) is 5.56 Å². The highest BCUT2D eigenvalue weighted by Gasteiger charge is 2.29. The van der Waals surface area contributed by atoms with Crippen molar-refractivity contribution < 1.29 is 18.7 Å².